The minimum Gasteiger partial charge on any atom is -0.494 e. The molecule has 0 bridgehead atoms. The fourth-order valence-corrected chi connectivity index (χ4v) is 2.93. The molecule has 0 aliphatic carbocycles. The summed E-state index contributed by atoms with van der Waals surface area (Å²) in [5.74, 6) is 0.831. The fraction of sp³-hybridized carbons (Fsp3) is 0.350. The molecular weight excluding hydrogens is 302 g/mol. The normalized spacial score (nSPS) is 18.1. The maximum atomic E-state index is 12.6. The molecule has 0 aromatic heterocycles. The first-order valence-electron chi connectivity index (χ1n) is 8.43. The zero-order valence-corrected chi connectivity index (χ0v) is 13.9. The van der Waals surface area contributed by atoms with E-state index in [1.807, 2.05) is 61.5 Å². The second kappa shape index (κ2) is 7.97. The summed E-state index contributed by atoms with van der Waals surface area (Å²) >= 11 is 0. The van der Waals surface area contributed by atoms with Gasteiger partial charge in [-0.05, 0) is 36.6 Å². The highest BCUT2D eigenvalue weighted by Crippen LogP contribution is 2.25. The van der Waals surface area contributed by atoms with Crippen LogP contribution in [-0.4, -0.2) is 25.7 Å². The van der Waals surface area contributed by atoms with Crippen molar-refractivity contribution in [2.45, 2.75) is 19.4 Å². The number of carbonyl (C=O) groups is 1. The Morgan fingerprint density at radius 1 is 1.17 bits per heavy atom. The molecule has 1 saturated heterocycles. The molecule has 1 N–H and O–H groups in total. The molecule has 2 aromatic rings. The monoisotopic (exact) mass is 325 g/mol. The molecule has 0 spiro atoms. The molecule has 4 nitrogen and oxygen atoms in total. The van der Waals surface area contributed by atoms with Gasteiger partial charge < -0.3 is 14.8 Å². The lowest BCUT2D eigenvalue weighted by atomic mass is 9.97. The van der Waals surface area contributed by atoms with Gasteiger partial charge in [0.2, 0.25) is 5.91 Å². The number of ether oxygens (including phenoxy) is 2. The third kappa shape index (κ3) is 3.95. The van der Waals surface area contributed by atoms with Crippen LogP contribution in [-0.2, 0) is 9.53 Å². The van der Waals surface area contributed by atoms with Gasteiger partial charge in [0.25, 0.3) is 0 Å². The molecule has 1 aliphatic heterocycles. The first kappa shape index (κ1) is 16.5. The second-order valence-corrected chi connectivity index (χ2v) is 5.91. The lowest BCUT2D eigenvalue weighted by molar-refractivity contribution is -0.125. The minimum absolute atomic E-state index is 0.0511. The first-order valence-corrected chi connectivity index (χ1v) is 8.43. The zero-order valence-electron chi connectivity index (χ0n) is 13.9. The van der Waals surface area contributed by atoms with Gasteiger partial charge in [-0.15, -0.1) is 0 Å². The van der Waals surface area contributed by atoms with Crippen molar-refractivity contribution in [2.24, 2.45) is 5.92 Å². The van der Waals surface area contributed by atoms with Crippen LogP contribution in [0.15, 0.2) is 54.6 Å². The highest BCUT2D eigenvalue weighted by Gasteiger charge is 2.26. The Morgan fingerprint density at radius 3 is 2.50 bits per heavy atom. The third-order valence-electron chi connectivity index (χ3n) is 4.24. The van der Waals surface area contributed by atoms with Gasteiger partial charge >= 0.3 is 0 Å². The molecule has 24 heavy (non-hydrogen) atoms. The second-order valence-electron chi connectivity index (χ2n) is 5.91. The van der Waals surface area contributed by atoms with E-state index in [4.69, 9.17) is 9.47 Å². The Kier molecular flexibility index (Phi) is 5.49. The van der Waals surface area contributed by atoms with Crippen LogP contribution in [0.5, 0.6) is 5.75 Å². The van der Waals surface area contributed by atoms with Crippen LogP contribution in [0.3, 0.4) is 0 Å². The van der Waals surface area contributed by atoms with E-state index >= 15 is 0 Å². The van der Waals surface area contributed by atoms with E-state index in [-0.39, 0.29) is 17.9 Å². The van der Waals surface area contributed by atoms with E-state index in [0.29, 0.717) is 19.8 Å². The Labute approximate surface area is 142 Å². The standard InChI is InChI=1S/C20H23NO3/c1-2-24-18-10-8-16(9-11-18)19(15-6-4-3-5-7-15)21-20(22)17-12-13-23-14-17/h3-11,17,19H,2,12-14H2,1H3,(H,21,22)/t17-,19+/m1/s1. The number of nitrogens with one attached hydrogen (secondary N) is 1. The average Bonchev–Trinajstić information content (AvgIpc) is 3.16. The van der Waals surface area contributed by atoms with E-state index in [0.717, 1.165) is 23.3 Å². The molecule has 1 aliphatic rings. The van der Waals surface area contributed by atoms with Gasteiger partial charge in [0.1, 0.15) is 5.75 Å². The number of rotatable bonds is 6. The van der Waals surface area contributed by atoms with Crippen LogP contribution >= 0.6 is 0 Å². The molecule has 3 rings (SSSR count). The Morgan fingerprint density at radius 2 is 1.88 bits per heavy atom. The summed E-state index contributed by atoms with van der Waals surface area (Å²) in [4.78, 5) is 12.6. The highest BCUT2D eigenvalue weighted by atomic mass is 16.5. The smallest absolute Gasteiger partial charge is 0.226 e. The van der Waals surface area contributed by atoms with Gasteiger partial charge in [0.15, 0.2) is 0 Å². The third-order valence-corrected chi connectivity index (χ3v) is 4.24. The SMILES string of the molecule is CCOc1ccc([C@@H](NC(=O)[C@@H]2CCOC2)c2ccccc2)cc1. The Balaban J connectivity index is 1.83. The van der Waals surface area contributed by atoms with Crippen molar-refractivity contribution in [2.75, 3.05) is 19.8 Å². The quantitative estimate of drug-likeness (QED) is 0.886. The summed E-state index contributed by atoms with van der Waals surface area (Å²) < 4.78 is 10.8. The van der Waals surface area contributed by atoms with Crippen molar-refractivity contribution in [3.63, 3.8) is 0 Å². The summed E-state index contributed by atoms with van der Waals surface area (Å²) in [6.07, 6.45) is 0.788. The molecule has 2 aromatic carbocycles. The number of carbonyl (C=O) groups excluding carboxylic acids is 1. The van der Waals surface area contributed by atoms with Crippen LogP contribution < -0.4 is 10.1 Å². The lowest BCUT2D eigenvalue weighted by Crippen LogP contribution is -2.34. The molecule has 0 radical (unpaired) electrons. The molecule has 0 unspecified atom stereocenters. The average molecular weight is 325 g/mol. The lowest BCUT2D eigenvalue weighted by Gasteiger charge is -2.22. The van der Waals surface area contributed by atoms with Gasteiger partial charge in [-0.2, -0.15) is 0 Å². The van der Waals surface area contributed by atoms with E-state index in [1.54, 1.807) is 0 Å². The number of benzene rings is 2. The van der Waals surface area contributed by atoms with Crippen LogP contribution in [0.25, 0.3) is 0 Å². The van der Waals surface area contributed by atoms with E-state index < -0.39 is 0 Å². The van der Waals surface area contributed by atoms with E-state index in [2.05, 4.69) is 5.32 Å². The fourth-order valence-electron chi connectivity index (χ4n) is 2.93. The van der Waals surface area contributed by atoms with Crippen molar-refractivity contribution in [3.8, 4) is 5.75 Å². The summed E-state index contributed by atoms with van der Waals surface area (Å²) in [5.41, 5.74) is 2.10. The Hall–Kier alpha value is -2.33. The summed E-state index contributed by atoms with van der Waals surface area (Å²) in [5, 5.41) is 3.18. The van der Waals surface area contributed by atoms with Gasteiger partial charge in [0.05, 0.1) is 25.2 Å². The molecule has 1 heterocycles. The van der Waals surface area contributed by atoms with Gasteiger partial charge in [-0.25, -0.2) is 0 Å². The minimum atomic E-state index is -0.171. The summed E-state index contributed by atoms with van der Waals surface area (Å²) in [6, 6.07) is 17.8. The highest BCUT2D eigenvalue weighted by molar-refractivity contribution is 5.80. The summed E-state index contributed by atoms with van der Waals surface area (Å²) in [6.45, 7) is 3.78. The van der Waals surface area contributed by atoms with Crippen LogP contribution in [0.4, 0.5) is 0 Å². The van der Waals surface area contributed by atoms with Crippen molar-refractivity contribution in [3.05, 3.63) is 65.7 Å². The number of hydrogen-bond donors (Lipinski definition) is 1. The van der Waals surface area contributed by atoms with Crippen LogP contribution in [0, 0.1) is 5.92 Å². The van der Waals surface area contributed by atoms with Gasteiger partial charge in [0, 0.05) is 6.61 Å². The number of hydrogen-bond acceptors (Lipinski definition) is 3. The van der Waals surface area contributed by atoms with Crippen molar-refractivity contribution < 1.29 is 14.3 Å². The van der Waals surface area contributed by atoms with Crippen LogP contribution in [0.2, 0.25) is 0 Å². The summed E-state index contributed by atoms with van der Waals surface area (Å²) in [7, 11) is 0. The van der Waals surface area contributed by atoms with Crippen LogP contribution in [0.1, 0.15) is 30.5 Å². The molecule has 126 valence electrons. The Bertz CT molecular complexity index is 648. The predicted octanol–water partition coefficient (Wildman–Crippen LogP) is 3.33. The molecule has 0 saturated carbocycles. The predicted molar refractivity (Wildman–Crippen MR) is 93.0 cm³/mol. The van der Waals surface area contributed by atoms with E-state index in [1.165, 1.54) is 0 Å². The largest absolute Gasteiger partial charge is 0.494 e. The van der Waals surface area contributed by atoms with Crippen molar-refractivity contribution >= 4 is 5.91 Å². The van der Waals surface area contributed by atoms with Crippen molar-refractivity contribution in [1.29, 1.82) is 0 Å². The number of amides is 1. The maximum absolute atomic E-state index is 12.6. The maximum Gasteiger partial charge on any atom is 0.226 e. The molecule has 4 heteroatoms. The molecule has 2 atom stereocenters. The zero-order chi connectivity index (χ0) is 16.8. The van der Waals surface area contributed by atoms with Gasteiger partial charge in [-0.1, -0.05) is 42.5 Å². The van der Waals surface area contributed by atoms with Gasteiger partial charge in [-0.3, -0.25) is 4.79 Å². The molecular formula is C20H23NO3. The first-order chi connectivity index (χ1) is 11.8. The van der Waals surface area contributed by atoms with E-state index in [9.17, 15) is 4.79 Å². The molecule has 1 fully saturated rings. The molecule has 1 amide bonds. The van der Waals surface area contributed by atoms with Crippen molar-refractivity contribution in [1.82, 2.24) is 5.32 Å². The topological polar surface area (TPSA) is 47.6 Å².